The number of rotatable bonds is 5. The van der Waals surface area contributed by atoms with Crippen LogP contribution >= 0.6 is 11.8 Å². The first-order valence-electron chi connectivity index (χ1n) is 10.1. The molecule has 0 spiro atoms. The zero-order chi connectivity index (χ0) is 20.2. The molecule has 0 bridgehead atoms. The van der Waals surface area contributed by atoms with E-state index in [9.17, 15) is 9.59 Å². The summed E-state index contributed by atoms with van der Waals surface area (Å²) >= 11 is 1.72. The summed E-state index contributed by atoms with van der Waals surface area (Å²) < 4.78 is 1.80. The van der Waals surface area contributed by atoms with E-state index in [2.05, 4.69) is 35.8 Å². The van der Waals surface area contributed by atoms with E-state index in [-0.39, 0.29) is 11.5 Å². The van der Waals surface area contributed by atoms with Gasteiger partial charge < -0.3 is 5.32 Å². The number of benzene rings is 2. The third-order valence-corrected chi connectivity index (χ3v) is 6.18. The maximum Gasteiger partial charge on any atom is 0.261 e. The number of hydrogen-bond acceptors (Lipinski definition) is 4. The zero-order valence-corrected chi connectivity index (χ0v) is 17.4. The average Bonchev–Trinajstić information content (AvgIpc) is 2.99. The van der Waals surface area contributed by atoms with Crippen LogP contribution in [0.15, 0.2) is 52.2 Å². The summed E-state index contributed by atoms with van der Waals surface area (Å²) in [5, 5.41) is 3.56. The Labute approximate surface area is 174 Å². The van der Waals surface area contributed by atoms with Gasteiger partial charge in [-0.2, -0.15) is 0 Å². The molecule has 0 fully saturated rings. The van der Waals surface area contributed by atoms with Crippen LogP contribution in [0.1, 0.15) is 41.0 Å². The Morgan fingerprint density at radius 3 is 2.76 bits per heavy atom. The van der Waals surface area contributed by atoms with Crippen LogP contribution in [0, 0.1) is 0 Å². The number of thioether (sulfide) groups is 1. The summed E-state index contributed by atoms with van der Waals surface area (Å²) in [5.74, 6) is 0.704. The first kappa shape index (κ1) is 19.7. The van der Waals surface area contributed by atoms with Crippen molar-refractivity contribution in [2.75, 3.05) is 12.8 Å². The first-order chi connectivity index (χ1) is 14.2. The zero-order valence-electron chi connectivity index (χ0n) is 16.6. The van der Waals surface area contributed by atoms with E-state index in [1.807, 2.05) is 0 Å². The van der Waals surface area contributed by atoms with E-state index in [1.165, 1.54) is 10.5 Å². The highest BCUT2D eigenvalue weighted by atomic mass is 32.2. The van der Waals surface area contributed by atoms with Gasteiger partial charge in [-0.25, -0.2) is 4.98 Å². The highest BCUT2D eigenvalue weighted by Gasteiger charge is 2.15. The molecule has 2 aromatic carbocycles. The molecule has 0 saturated heterocycles. The summed E-state index contributed by atoms with van der Waals surface area (Å²) in [6.45, 7) is 1.30. The Hall–Kier alpha value is -2.60. The van der Waals surface area contributed by atoms with Crippen LogP contribution in [-0.4, -0.2) is 28.3 Å². The van der Waals surface area contributed by atoms with Crippen LogP contribution in [0.25, 0.3) is 10.9 Å². The third kappa shape index (κ3) is 4.37. The van der Waals surface area contributed by atoms with Gasteiger partial charge >= 0.3 is 0 Å². The number of carbonyl (C=O) groups excluding carboxylic acids is 1. The lowest BCUT2D eigenvalue weighted by Crippen LogP contribution is -2.27. The first-order valence-corrected chi connectivity index (χ1v) is 11.3. The van der Waals surface area contributed by atoms with E-state index >= 15 is 0 Å². The quantitative estimate of drug-likeness (QED) is 0.653. The second kappa shape index (κ2) is 8.82. The number of aryl methyl sites for hydroxylation is 1. The van der Waals surface area contributed by atoms with Gasteiger partial charge in [-0.05, 0) is 61.4 Å². The van der Waals surface area contributed by atoms with Crippen molar-refractivity contribution in [1.29, 1.82) is 0 Å². The molecule has 3 aromatic rings. The van der Waals surface area contributed by atoms with Crippen molar-refractivity contribution in [3.05, 3.63) is 69.8 Å². The summed E-state index contributed by atoms with van der Waals surface area (Å²) in [6, 6.07) is 13.6. The predicted molar refractivity (Wildman–Crippen MR) is 118 cm³/mol. The topological polar surface area (TPSA) is 64.0 Å². The van der Waals surface area contributed by atoms with Crippen molar-refractivity contribution in [3.8, 4) is 0 Å². The number of carbonyl (C=O) groups is 1. The molecule has 4 rings (SSSR count). The molecule has 1 amide bonds. The Balaban J connectivity index is 1.48. The number of aromatic nitrogens is 2. The Morgan fingerprint density at radius 2 is 1.97 bits per heavy atom. The molecule has 6 heteroatoms. The van der Waals surface area contributed by atoms with Gasteiger partial charge in [0.05, 0.1) is 10.9 Å². The Bertz CT molecular complexity index is 1090. The van der Waals surface area contributed by atoms with E-state index in [0.29, 0.717) is 23.0 Å². The summed E-state index contributed by atoms with van der Waals surface area (Å²) in [6.07, 6.45) is 6.83. The van der Waals surface area contributed by atoms with Crippen molar-refractivity contribution < 1.29 is 4.79 Å². The monoisotopic (exact) mass is 407 g/mol. The van der Waals surface area contributed by atoms with Crippen LogP contribution in [0.2, 0.25) is 0 Å². The molecule has 0 aliphatic carbocycles. The van der Waals surface area contributed by atoms with Gasteiger partial charge in [0.1, 0.15) is 5.82 Å². The van der Waals surface area contributed by atoms with Crippen molar-refractivity contribution in [2.45, 2.75) is 43.5 Å². The molecular weight excluding hydrogens is 382 g/mol. The van der Waals surface area contributed by atoms with Gasteiger partial charge in [-0.15, -0.1) is 11.8 Å². The number of nitrogens with zero attached hydrogens (tertiary/aromatic N) is 2. The van der Waals surface area contributed by atoms with E-state index in [1.54, 1.807) is 34.5 Å². The molecule has 5 nitrogen and oxygen atoms in total. The highest BCUT2D eigenvalue weighted by molar-refractivity contribution is 7.98. The minimum absolute atomic E-state index is 0.00699. The number of hydrogen-bond donors (Lipinski definition) is 1. The molecule has 29 heavy (non-hydrogen) atoms. The van der Waals surface area contributed by atoms with Gasteiger partial charge in [-0.1, -0.05) is 18.6 Å². The fourth-order valence-electron chi connectivity index (χ4n) is 3.77. The molecule has 0 saturated carbocycles. The van der Waals surface area contributed by atoms with Gasteiger partial charge in [0.15, 0.2) is 0 Å². The normalized spacial score (nSPS) is 13.7. The largest absolute Gasteiger partial charge is 0.352 e. The summed E-state index contributed by atoms with van der Waals surface area (Å²) in [5.41, 5.74) is 2.36. The number of amides is 1. The van der Waals surface area contributed by atoms with E-state index in [0.717, 1.165) is 44.5 Å². The second-order valence-electron chi connectivity index (χ2n) is 7.38. The maximum absolute atomic E-state index is 12.8. The van der Waals surface area contributed by atoms with Crippen molar-refractivity contribution in [3.63, 3.8) is 0 Å². The van der Waals surface area contributed by atoms with Gasteiger partial charge in [0.25, 0.3) is 11.5 Å². The molecule has 0 radical (unpaired) electrons. The average molecular weight is 408 g/mol. The Kier molecular flexibility index (Phi) is 6.00. The molecule has 1 N–H and O–H groups in total. The molecule has 1 aliphatic rings. The molecule has 0 atom stereocenters. The van der Waals surface area contributed by atoms with Gasteiger partial charge in [0, 0.05) is 30.0 Å². The number of nitrogens with one attached hydrogen (secondary N) is 1. The van der Waals surface area contributed by atoms with Crippen LogP contribution in [-0.2, 0) is 19.4 Å². The number of fused-ring (bicyclic) bond motifs is 2. The summed E-state index contributed by atoms with van der Waals surface area (Å²) in [4.78, 5) is 31.3. The van der Waals surface area contributed by atoms with Crippen LogP contribution in [0.3, 0.4) is 0 Å². The van der Waals surface area contributed by atoms with Crippen LogP contribution < -0.4 is 10.9 Å². The standard InChI is InChI=1S/C23H25N3O2S/c1-29-18-9-6-16(7-10-18)12-13-24-22(27)17-8-11-19-20(15-17)25-21-5-3-2-4-14-26(21)23(19)28/h6-11,15H,2-5,12-14H2,1H3,(H,24,27). The smallest absolute Gasteiger partial charge is 0.261 e. The summed E-state index contributed by atoms with van der Waals surface area (Å²) in [7, 11) is 0. The fourth-order valence-corrected chi connectivity index (χ4v) is 4.18. The molecule has 1 aliphatic heterocycles. The maximum atomic E-state index is 12.8. The fraction of sp³-hybridized carbons (Fsp3) is 0.348. The molecule has 0 unspecified atom stereocenters. The van der Waals surface area contributed by atoms with E-state index in [4.69, 9.17) is 4.98 Å². The van der Waals surface area contributed by atoms with Crippen molar-refractivity contribution >= 4 is 28.6 Å². The minimum atomic E-state index is -0.135. The van der Waals surface area contributed by atoms with Crippen molar-refractivity contribution in [1.82, 2.24) is 14.9 Å². The third-order valence-electron chi connectivity index (χ3n) is 5.44. The van der Waals surface area contributed by atoms with Crippen LogP contribution in [0.5, 0.6) is 0 Å². The minimum Gasteiger partial charge on any atom is -0.352 e. The van der Waals surface area contributed by atoms with Crippen molar-refractivity contribution in [2.24, 2.45) is 0 Å². The predicted octanol–water partition coefficient (Wildman–Crippen LogP) is 3.82. The molecule has 2 heterocycles. The molecular formula is C23H25N3O2S. The van der Waals surface area contributed by atoms with Gasteiger partial charge in [-0.3, -0.25) is 14.2 Å². The Morgan fingerprint density at radius 1 is 1.14 bits per heavy atom. The SMILES string of the molecule is CSc1ccc(CCNC(=O)c2ccc3c(=O)n4c(nc3c2)CCCCC4)cc1. The second-order valence-corrected chi connectivity index (χ2v) is 8.26. The van der Waals surface area contributed by atoms with E-state index < -0.39 is 0 Å². The molecule has 150 valence electrons. The highest BCUT2D eigenvalue weighted by Crippen LogP contribution is 2.17. The molecule has 1 aromatic heterocycles. The lowest BCUT2D eigenvalue weighted by Gasteiger charge is -2.11. The van der Waals surface area contributed by atoms with Gasteiger partial charge in [0.2, 0.25) is 0 Å². The lowest BCUT2D eigenvalue weighted by molar-refractivity contribution is 0.0954. The van der Waals surface area contributed by atoms with Crippen LogP contribution in [0.4, 0.5) is 0 Å². The lowest BCUT2D eigenvalue weighted by atomic mass is 10.1.